The van der Waals surface area contributed by atoms with Crippen LogP contribution < -0.4 is 11.1 Å². The highest BCUT2D eigenvalue weighted by Gasteiger charge is 2.28. The Kier molecular flexibility index (Phi) is 6.48. The number of thiocarbonyl (C=S) groups is 1. The molecule has 0 aromatic heterocycles. The molecule has 0 spiro atoms. The van der Waals surface area contributed by atoms with Crippen LogP contribution in [0.1, 0.15) is 6.92 Å². The van der Waals surface area contributed by atoms with Crippen molar-refractivity contribution in [2.24, 2.45) is 5.73 Å². The Morgan fingerprint density at radius 3 is 3.06 bits per heavy atom. The van der Waals surface area contributed by atoms with E-state index in [4.69, 9.17) is 27.4 Å². The van der Waals surface area contributed by atoms with E-state index in [1.807, 2.05) is 11.8 Å². The second-order valence-corrected chi connectivity index (χ2v) is 4.69. The molecule has 6 nitrogen and oxygen atoms in total. The lowest BCUT2D eigenvalue weighted by atomic mass is 10.2. The summed E-state index contributed by atoms with van der Waals surface area (Å²) < 4.78 is 10.3. The standard InChI is InChI=1S/C11H21N3O3S/c1-8(11(15)13-3-5-16-2)14-4-6-17-9(7-14)10(12)18/h8-9H,3-7H2,1-2H3,(H2,12,18)(H,13,15). The van der Waals surface area contributed by atoms with Crippen molar-refractivity contribution >= 4 is 23.1 Å². The first-order valence-electron chi connectivity index (χ1n) is 5.98. The molecule has 1 saturated heterocycles. The van der Waals surface area contributed by atoms with Gasteiger partial charge in [0.25, 0.3) is 0 Å². The number of carbonyl (C=O) groups excluding carboxylic acids is 1. The van der Waals surface area contributed by atoms with E-state index < -0.39 is 0 Å². The van der Waals surface area contributed by atoms with Crippen LogP contribution in [0.25, 0.3) is 0 Å². The van der Waals surface area contributed by atoms with Crippen molar-refractivity contribution in [2.45, 2.75) is 19.1 Å². The fraction of sp³-hybridized carbons (Fsp3) is 0.818. The number of morpholine rings is 1. The van der Waals surface area contributed by atoms with Crippen molar-refractivity contribution in [3.63, 3.8) is 0 Å². The number of hydrogen-bond acceptors (Lipinski definition) is 5. The molecule has 18 heavy (non-hydrogen) atoms. The molecule has 1 rings (SSSR count). The van der Waals surface area contributed by atoms with Crippen molar-refractivity contribution in [2.75, 3.05) is 40.0 Å². The van der Waals surface area contributed by atoms with Crippen LogP contribution in [0, 0.1) is 0 Å². The first-order valence-corrected chi connectivity index (χ1v) is 6.38. The molecule has 104 valence electrons. The zero-order valence-corrected chi connectivity index (χ0v) is 11.7. The molecule has 1 aliphatic rings. The third-order valence-electron chi connectivity index (χ3n) is 2.95. The Morgan fingerprint density at radius 1 is 1.72 bits per heavy atom. The molecule has 0 radical (unpaired) electrons. The highest BCUT2D eigenvalue weighted by molar-refractivity contribution is 7.80. The maximum atomic E-state index is 11.9. The van der Waals surface area contributed by atoms with Crippen LogP contribution >= 0.6 is 12.2 Å². The molecule has 0 saturated carbocycles. The zero-order valence-electron chi connectivity index (χ0n) is 10.8. The lowest BCUT2D eigenvalue weighted by Crippen LogP contribution is -2.54. The molecule has 1 heterocycles. The van der Waals surface area contributed by atoms with Gasteiger partial charge in [-0.3, -0.25) is 9.69 Å². The molecular formula is C11H21N3O3S. The Labute approximate surface area is 113 Å². The molecular weight excluding hydrogens is 254 g/mol. The average molecular weight is 275 g/mol. The molecule has 1 aliphatic heterocycles. The minimum atomic E-state index is -0.261. The smallest absolute Gasteiger partial charge is 0.237 e. The van der Waals surface area contributed by atoms with Crippen LogP contribution in [0.4, 0.5) is 0 Å². The van der Waals surface area contributed by atoms with Gasteiger partial charge in [0.05, 0.1) is 19.3 Å². The quantitative estimate of drug-likeness (QED) is 0.484. The van der Waals surface area contributed by atoms with Crippen molar-refractivity contribution in [1.29, 1.82) is 0 Å². The number of carbonyl (C=O) groups is 1. The van der Waals surface area contributed by atoms with Gasteiger partial charge in [0.2, 0.25) is 5.91 Å². The lowest BCUT2D eigenvalue weighted by molar-refractivity contribution is -0.128. The van der Waals surface area contributed by atoms with E-state index in [0.29, 0.717) is 37.8 Å². The number of rotatable bonds is 6. The maximum absolute atomic E-state index is 11.9. The number of hydrogen-bond donors (Lipinski definition) is 2. The van der Waals surface area contributed by atoms with Crippen LogP contribution in [0.2, 0.25) is 0 Å². The van der Waals surface area contributed by atoms with Gasteiger partial charge >= 0.3 is 0 Å². The largest absolute Gasteiger partial charge is 0.391 e. The SMILES string of the molecule is COCCNC(=O)C(C)N1CCOC(C(N)=S)C1. The second-order valence-electron chi connectivity index (χ2n) is 4.22. The Morgan fingerprint density at radius 2 is 2.44 bits per heavy atom. The Balaban J connectivity index is 2.42. The van der Waals surface area contributed by atoms with E-state index in [1.165, 1.54) is 0 Å². The maximum Gasteiger partial charge on any atom is 0.237 e. The van der Waals surface area contributed by atoms with Gasteiger partial charge in [-0.15, -0.1) is 0 Å². The van der Waals surface area contributed by atoms with Crippen LogP contribution in [0.3, 0.4) is 0 Å². The minimum absolute atomic E-state index is 0.0179. The molecule has 0 aromatic rings. The Bertz CT molecular complexity index is 301. The van der Waals surface area contributed by atoms with Crippen molar-refractivity contribution in [1.82, 2.24) is 10.2 Å². The first kappa shape index (κ1) is 15.3. The molecule has 1 amide bonds. The lowest BCUT2D eigenvalue weighted by Gasteiger charge is -2.35. The molecule has 2 atom stereocenters. The third kappa shape index (κ3) is 4.49. The van der Waals surface area contributed by atoms with E-state index in [2.05, 4.69) is 5.32 Å². The van der Waals surface area contributed by atoms with E-state index in [-0.39, 0.29) is 18.1 Å². The summed E-state index contributed by atoms with van der Waals surface area (Å²) in [6.45, 7) is 4.70. The van der Waals surface area contributed by atoms with Crippen molar-refractivity contribution in [3.8, 4) is 0 Å². The summed E-state index contributed by atoms with van der Waals surface area (Å²) in [5, 5.41) is 2.81. The van der Waals surface area contributed by atoms with Crippen LogP contribution in [-0.2, 0) is 14.3 Å². The van der Waals surface area contributed by atoms with E-state index in [1.54, 1.807) is 7.11 Å². The molecule has 0 aliphatic carbocycles. The predicted octanol–water partition coefficient (Wildman–Crippen LogP) is -0.876. The van der Waals surface area contributed by atoms with Crippen LogP contribution in [-0.4, -0.2) is 67.9 Å². The number of nitrogens with zero attached hydrogens (tertiary/aromatic N) is 1. The third-order valence-corrected chi connectivity index (χ3v) is 3.21. The van der Waals surface area contributed by atoms with Gasteiger partial charge in [-0.1, -0.05) is 12.2 Å². The Hall–Kier alpha value is -0.760. The van der Waals surface area contributed by atoms with Crippen molar-refractivity contribution in [3.05, 3.63) is 0 Å². The second kappa shape index (κ2) is 7.63. The molecule has 0 bridgehead atoms. The van der Waals surface area contributed by atoms with Gasteiger partial charge in [0.15, 0.2) is 0 Å². The van der Waals surface area contributed by atoms with E-state index in [0.717, 1.165) is 0 Å². The summed E-state index contributed by atoms with van der Waals surface area (Å²) in [5.74, 6) is -0.0179. The van der Waals surface area contributed by atoms with Gasteiger partial charge in [-0.05, 0) is 6.92 Å². The zero-order chi connectivity index (χ0) is 13.5. The fourth-order valence-electron chi connectivity index (χ4n) is 1.78. The number of methoxy groups -OCH3 is 1. The molecule has 3 N–H and O–H groups in total. The molecule has 1 fully saturated rings. The van der Waals surface area contributed by atoms with Gasteiger partial charge < -0.3 is 20.5 Å². The van der Waals surface area contributed by atoms with Crippen LogP contribution in [0.15, 0.2) is 0 Å². The van der Waals surface area contributed by atoms with E-state index in [9.17, 15) is 4.79 Å². The molecule has 2 unspecified atom stereocenters. The fourth-order valence-corrected chi connectivity index (χ4v) is 1.93. The first-order chi connectivity index (χ1) is 8.56. The van der Waals surface area contributed by atoms with E-state index >= 15 is 0 Å². The average Bonchev–Trinajstić information content (AvgIpc) is 2.38. The summed E-state index contributed by atoms with van der Waals surface area (Å²) in [7, 11) is 1.60. The predicted molar refractivity (Wildman–Crippen MR) is 72.4 cm³/mol. The van der Waals surface area contributed by atoms with Crippen LogP contribution in [0.5, 0.6) is 0 Å². The van der Waals surface area contributed by atoms with Gasteiger partial charge in [0.1, 0.15) is 11.1 Å². The number of amides is 1. The summed E-state index contributed by atoms with van der Waals surface area (Å²) in [6, 6.07) is -0.220. The van der Waals surface area contributed by atoms with Crippen molar-refractivity contribution < 1.29 is 14.3 Å². The van der Waals surface area contributed by atoms with Gasteiger partial charge in [-0.2, -0.15) is 0 Å². The summed E-state index contributed by atoms with van der Waals surface area (Å²) in [5.41, 5.74) is 5.57. The summed E-state index contributed by atoms with van der Waals surface area (Å²) in [4.78, 5) is 14.2. The highest BCUT2D eigenvalue weighted by atomic mass is 32.1. The normalized spacial score (nSPS) is 22.4. The highest BCUT2D eigenvalue weighted by Crippen LogP contribution is 2.09. The number of nitrogens with two attached hydrogens (primary N) is 1. The molecule has 0 aromatic carbocycles. The summed E-state index contributed by atoms with van der Waals surface area (Å²) >= 11 is 4.92. The molecule has 7 heteroatoms. The summed E-state index contributed by atoms with van der Waals surface area (Å²) in [6.07, 6.45) is -0.261. The van der Waals surface area contributed by atoms with Gasteiger partial charge in [-0.25, -0.2) is 0 Å². The van der Waals surface area contributed by atoms with Gasteiger partial charge in [0, 0.05) is 26.7 Å². The minimum Gasteiger partial charge on any atom is -0.391 e. The monoisotopic (exact) mass is 275 g/mol. The number of ether oxygens (including phenoxy) is 2. The number of nitrogens with one attached hydrogen (secondary N) is 1. The topological polar surface area (TPSA) is 76.8 Å².